The predicted molar refractivity (Wildman–Crippen MR) is 82.3 cm³/mol. The number of nitrogens with zero attached hydrogens (tertiary/aromatic N) is 2. The maximum atomic E-state index is 11.9. The molecule has 7 heteroatoms. The second-order valence-electron chi connectivity index (χ2n) is 4.30. The summed E-state index contributed by atoms with van der Waals surface area (Å²) in [5, 5.41) is 4.55. The van der Waals surface area contributed by atoms with Crippen LogP contribution in [0.15, 0.2) is 62.9 Å². The second-order valence-corrected chi connectivity index (χ2v) is 6.28. The fourth-order valence-electron chi connectivity index (χ4n) is 1.93. The Morgan fingerprint density at radius 2 is 1.81 bits per heavy atom. The summed E-state index contributed by atoms with van der Waals surface area (Å²) in [6.45, 7) is 0. The van der Waals surface area contributed by atoms with Crippen LogP contribution in [-0.4, -0.2) is 20.5 Å². The van der Waals surface area contributed by atoms with Crippen LogP contribution < -0.4 is 5.43 Å². The Morgan fingerprint density at radius 3 is 2.62 bits per heavy atom. The van der Waals surface area contributed by atoms with E-state index in [2.05, 4.69) is 14.9 Å². The van der Waals surface area contributed by atoms with Crippen LogP contribution >= 0.6 is 11.6 Å². The number of halogens is 1. The zero-order chi connectivity index (χ0) is 14.9. The summed E-state index contributed by atoms with van der Waals surface area (Å²) < 4.78 is 27.4. The van der Waals surface area contributed by atoms with Gasteiger partial charge in [0.1, 0.15) is 4.90 Å². The normalized spacial score (nSPS) is 15.8. The summed E-state index contributed by atoms with van der Waals surface area (Å²) in [6.07, 6.45) is 1.51. The molecule has 2 aromatic carbocycles. The van der Waals surface area contributed by atoms with Gasteiger partial charge in [-0.1, -0.05) is 41.9 Å². The molecule has 1 aliphatic rings. The highest BCUT2D eigenvalue weighted by Gasteiger charge is 2.28. The van der Waals surface area contributed by atoms with Gasteiger partial charge in [0.25, 0.3) is 10.0 Å². The zero-order valence-electron chi connectivity index (χ0n) is 10.7. The second kappa shape index (κ2) is 5.31. The number of fused-ring (bicyclic) bond motifs is 1. The quantitative estimate of drug-likeness (QED) is 0.682. The number of hydrogen-bond acceptors (Lipinski definition) is 4. The lowest BCUT2D eigenvalue weighted by molar-refractivity contribution is 0.599. The molecule has 0 spiro atoms. The first-order valence-electron chi connectivity index (χ1n) is 6.06. The van der Waals surface area contributed by atoms with Crippen molar-refractivity contribution in [3.05, 3.63) is 64.7 Å². The van der Waals surface area contributed by atoms with Gasteiger partial charge in [0, 0.05) is 16.1 Å². The van der Waals surface area contributed by atoms with E-state index in [-0.39, 0.29) is 10.7 Å². The van der Waals surface area contributed by atoms with Gasteiger partial charge in [0.05, 0.1) is 6.21 Å². The molecule has 0 aromatic heterocycles. The summed E-state index contributed by atoms with van der Waals surface area (Å²) in [7, 11) is -3.63. The maximum Gasteiger partial charge on any atom is 0.285 e. The summed E-state index contributed by atoms with van der Waals surface area (Å²) in [6, 6.07) is 13.8. The largest absolute Gasteiger partial charge is 0.285 e. The third-order valence-electron chi connectivity index (χ3n) is 2.91. The highest BCUT2D eigenvalue weighted by Crippen LogP contribution is 2.24. The lowest BCUT2D eigenvalue weighted by atomic mass is 10.2. The molecule has 0 radical (unpaired) electrons. The SMILES string of the molecule is O=S1(=O)N=C(N/N=C\c2ccccc2Cl)c2ccccc21. The molecule has 1 N–H and O–H groups in total. The van der Waals surface area contributed by atoms with E-state index in [1.807, 2.05) is 12.1 Å². The molecule has 3 rings (SSSR count). The van der Waals surface area contributed by atoms with Gasteiger partial charge in [0.15, 0.2) is 5.84 Å². The number of hydrogen-bond donors (Lipinski definition) is 1. The lowest BCUT2D eigenvalue weighted by Crippen LogP contribution is -2.17. The minimum absolute atomic E-state index is 0.181. The third-order valence-corrected chi connectivity index (χ3v) is 4.59. The smallest absolute Gasteiger partial charge is 0.260 e. The van der Waals surface area contributed by atoms with Gasteiger partial charge in [-0.25, -0.2) is 0 Å². The van der Waals surface area contributed by atoms with Gasteiger partial charge >= 0.3 is 0 Å². The van der Waals surface area contributed by atoms with E-state index in [4.69, 9.17) is 11.6 Å². The molecular formula is C14H10ClN3O2S. The molecule has 2 aromatic rings. The molecule has 0 bridgehead atoms. The summed E-state index contributed by atoms with van der Waals surface area (Å²) >= 11 is 6.00. The first-order valence-corrected chi connectivity index (χ1v) is 7.88. The molecule has 0 fully saturated rings. The molecule has 106 valence electrons. The van der Waals surface area contributed by atoms with E-state index in [1.54, 1.807) is 30.3 Å². The highest BCUT2D eigenvalue weighted by atomic mass is 35.5. The Bertz CT molecular complexity index is 860. The fourth-order valence-corrected chi connectivity index (χ4v) is 3.28. The number of benzene rings is 2. The van der Waals surface area contributed by atoms with Crippen LogP contribution in [0, 0.1) is 0 Å². The molecule has 0 unspecified atom stereocenters. The van der Waals surface area contributed by atoms with Crippen molar-refractivity contribution in [3.8, 4) is 0 Å². The van der Waals surface area contributed by atoms with Crippen LogP contribution in [0.2, 0.25) is 5.02 Å². The first kappa shape index (κ1) is 13.8. The van der Waals surface area contributed by atoms with Crippen LogP contribution in [0.25, 0.3) is 0 Å². The number of amidine groups is 1. The van der Waals surface area contributed by atoms with Gasteiger partial charge < -0.3 is 0 Å². The molecule has 0 atom stereocenters. The van der Waals surface area contributed by atoms with Crippen LogP contribution in [0.3, 0.4) is 0 Å². The van der Waals surface area contributed by atoms with Gasteiger partial charge in [-0.3, -0.25) is 5.43 Å². The Morgan fingerprint density at radius 1 is 1.10 bits per heavy atom. The maximum absolute atomic E-state index is 11.9. The molecule has 0 aliphatic carbocycles. The first-order chi connectivity index (χ1) is 10.1. The number of nitrogens with one attached hydrogen (secondary N) is 1. The van der Waals surface area contributed by atoms with E-state index in [1.165, 1.54) is 12.3 Å². The molecule has 1 heterocycles. The molecule has 1 aliphatic heterocycles. The van der Waals surface area contributed by atoms with Crippen molar-refractivity contribution < 1.29 is 8.42 Å². The van der Waals surface area contributed by atoms with Gasteiger partial charge in [-0.15, -0.1) is 4.40 Å². The third kappa shape index (κ3) is 2.68. The minimum Gasteiger partial charge on any atom is -0.260 e. The number of rotatable bonds is 2. The van der Waals surface area contributed by atoms with Crippen molar-refractivity contribution in [3.63, 3.8) is 0 Å². The molecule has 0 saturated carbocycles. The summed E-state index contributed by atoms with van der Waals surface area (Å²) in [5.41, 5.74) is 3.88. The standard InChI is InChI=1S/C14H10ClN3O2S/c15-12-7-3-1-5-10(12)9-16-17-14-11-6-2-4-8-13(11)21(19,20)18-14/h1-9H,(H,17,18)/b16-9-. The fraction of sp³-hybridized carbons (Fsp3) is 0. The molecule has 5 nitrogen and oxygen atoms in total. The van der Waals surface area contributed by atoms with Gasteiger partial charge in [0.2, 0.25) is 0 Å². The van der Waals surface area contributed by atoms with E-state index in [9.17, 15) is 8.42 Å². The van der Waals surface area contributed by atoms with Crippen molar-refractivity contribution in [1.29, 1.82) is 0 Å². The molecular weight excluding hydrogens is 310 g/mol. The van der Waals surface area contributed by atoms with Crippen molar-refractivity contribution in [2.24, 2.45) is 9.50 Å². The van der Waals surface area contributed by atoms with Crippen LogP contribution in [-0.2, 0) is 10.0 Å². The van der Waals surface area contributed by atoms with E-state index in [0.717, 1.165) is 5.56 Å². The Labute approximate surface area is 127 Å². The van der Waals surface area contributed by atoms with Crippen molar-refractivity contribution in [2.75, 3.05) is 0 Å². The van der Waals surface area contributed by atoms with Crippen molar-refractivity contribution in [2.45, 2.75) is 4.90 Å². The molecule has 0 saturated heterocycles. The Balaban J connectivity index is 1.86. The zero-order valence-corrected chi connectivity index (χ0v) is 12.3. The Kier molecular flexibility index (Phi) is 3.48. The molecule has 21 heavy (non-hydrogen) atoms. The van der Waals surface area contributed by atoms with Crippen molar-refractivity contribution in [1.82, 2.24) is 5.43 Å². The topological polar surface area (TPSA) is 70.9 Å². The van der Waals surface area contributed by atoms with Crippen LogP contribution in [0.5, 0.6) is 0 Å². The molecule has 0 amide bonds. The predicted octanol–water partition coefficient (Wildman–Crippen LogP) is 2.41. The van der Waals surface area contributed by atoms with Gasteiger partial charge in [-0.2, -0.15) is 13.5 Å². The van der Waals surface area contributed by atoms with E-state index >= 15 is 0 Å². The van der Waals surface area contributed by atoms with Crippen LogP contribution in [0.4, 0.5) is 0 Å². The van der Waals surface area contributed by atoms with Crippen molar-refractivity contribution >= 4 is 33.7 Å². The average molecular weight is 320 g/mol. The van der Waals surface area contributed by atoms with E-state index in [0.29, 0.717) is 10.6 Å². The lowest BCUT2D eigenvalue weighted by Gasteiger charge is -2.00. The summed E-state index contributed by atoms with van der Waals surface area (Å²) in [4.78, 5) is 0.181. The van der Waals surface area contributed by atoms with Crippen LogP contribution in [0.1, 0.15) is 11.1 Å². The highest BCUT2D eigenvalue weighted by molar-refractivity contribution is 7.90. The summed E-state index contributed by atoms with van der Waals surface area (Å²) in [5.74, 6) is 0.203. The minimum atomic E-state index is -3.63. The number of sulfonamides is 1. The van der Waals surface area contributed by atoms with E-state index < -0.39 is 10.0 Å². The van der Waals surface area contributed by atoms with Gasteiger partial charge in [-0.05, 0) is 18.2 Å². The number of hydrazone groups is 1. The average Bonchev–Trinajstić information content (AvgIpc) is 2.73. The monoisotopic (exact) mass is 319 g/mol. The Hall–Kier alpha value is -2.18.